The van der Waals surface area contributed by atoms with E-state index >= 15 is 0 Å². The molecule has 0 aliphatic rings. The molecule has 2 aromatic rings. The van der Waals surface area contributed by atoms with E-state index in [4.69, 9.17) is 5.73 Å². The maximum Gasteiger partial charge on any atom is 0.146 e. The summed E-state index contributed by atoms with van der Waals surface area (Å²) < 4.78 is 13.8. The number of halogens is 1. The van der Waals surface area contributed by atoms with Crippen molar-refractivity contribution in [3.8, 4) is 0 Å². The minimum atomic E-state index is -0.186. The second-order valence-corrected chi connectivity index (χ2v) is 4.44. The minimum Gasteiger partial charge on any atom is -0.365 e. The van der Waals surface area contributed by atoms with Crippen LogP contribution in [0, 0.1) is 5.82 Å². The van der Waals surface area contributed by atoms with Crippen LogP contribution in [0.15, 0.2) is 48.5 Å². The first kappa shape index (κ1) is 13.6. The van der Waals surface area contributed by atoms with Crippen LogP contribution in [0.25, 0.3) is 0 Å². The molecule has 0 saturated carbocycles. The van der Waals surface area contributed by atoms with Gasteiger partial charge in [0.2, 0.25) is 0 Å². The predicted molar refractivity (Wildman–Crippen MR) is 77.5 cm³/mol. The Morgan fingerprint density at radius 3 is 2.26 bits per heavy atom. The van der Waals surface area contributed by atoms with Crippen molar-refractivity contribution in [3.05, 3.63) is 65.5 Å². The average molecular weight is 258 g/mol. The number of anilines is 1. The third-order valence-corrected chi connectivity index (χ3v) is 3.27. The lowest BCUT2D eigenvalue weighted by Crippen LogP contribution is -2.24. The van der Waals surface area contributed by atoms with E-state index in [1.165, 1.54) is 6.07 Å². The fourth-order valence-electron chi connectivity index (χ4n) is 2.19. The summed E-state index contributed by atoms with van der Waals surface area (Å²) in [5, 5.41) is 0. The van der Waals surface area contributed by atoms with Crippen LogP contribution in [0.1, 0.15) is 18.1 Å². The molecule has 0 spiro atoms. The molecule has 0 aromatic heterocycles. The average Bonchev–Trinajstić information content (AvgIpc) is 2.46. The van der Waals surface area contributed by atoms with Gasteiger partial charge in [0.15, 0.2) is 0 Å². The summed E-state index contributed by atoms with van der Waals surface area (Å²) in [5.74, 6) is -0.186. The van der Waals surface area contributed by atoms with Gasteiger partial charge in [0.1, 0.15) is 5.82 Å². The van der Waals surface area contributed by atoms with Gasteiger partial charge < -0.3 is 10.6 Å². The van der Waals surface area contributed by atoms with Crippen molar-refractivity contribution in [2.75, 3.05) is 11.4 Å². The van der Waals surface area contributed by atoms with Crippen LogP contribution in [0.5, 0.6) is 0 Å². The first-order valence-electron chi connectivity index (χ1n) is 6.52. The Bertz CT molecular complexity index is 540. The highest BCUT2D eigenvalue weighted by Gasteiger charge is 2.11. The van der Waals surface area contributed by atoms with Crippen molar-refractivity contribution in [2.45, 2.75) is 20.0 Å². The van der Waals surface area contributed by atoms with Crippen LogP contribution in [0.3, 0.4) is 0 Å². The Kier molecular flexibility index (Phi) is 4.53. The molecule has 100 valence electrons. The van der Waals surface area contributed by atoms with Crippen LogP contribution in [-0.4, -0.2) is 6.54 Å². The van der Waals surface area contributed by atoms with E-state index in [-0.39, 0.29) is 5.82 Å². The summed E-state index contributed by atoms with van der Waals surface area (Å²) >= 11 is 0. The molecule has 0 saturated heterocycles. The van der Waals surface area contributed by atoms with Gasteiger partial charge in [-0.2, -0.15) is 0 Å². The molecule has 0 aliphatic carbocycles. The molecule has 3 heteroatoms. The van der Waals surface area contributed by atoms with E-state index in [0.29, 0.717) is 18.8 Å². The SMILES string of the molecule is CCN(Cc1ccccc1CN)c1ccccc1F. The number of benzene rings is 2. The molecule has 0 unspecified atom stereocenters. The van der Waals surface area contributed by atoms with E-state index < -0.39 is 0 Å². The Morgan fingerprint density at radius 1 is 1.00 bits per heavy atom. The van der Waals surface area contributed by atoms with Crippen molar-refractivity contribution in [1.82, 2.24) is 0 Å². The minimum absolute atomic E-state index is 0.186. The molecule has 0 amide bonds. The highest BCUT2D eigenvalue weighted by molar-refractivity contribution is 5.48. The Balaban J connectivity index is 2.27. The molecule has 19 heavy (non-hydrogen) atoms. The van der Waals surface area contributed by atoms with Gasteiger partial charge in [-0.1, -0.05) is 36.4 Å². The Labute approximate surface area is 113 Å². The zero-order valence-electron chi connectivity index (χ0n) is 11.1. The van der Waals surface area contributed by atoms with Crippen molar-refractivity contribution in [1.29, 1.82) is 0 Å². The van der Waals surface area contributed by atoms with Crippen LogP contribution >= 0.6 is 0 Å². The second-order valence-electron chi connectivity index (χ2n) is 4.44. The first-order chi connectivity index (χ1) is 9.26. The number of hydrogen-bond donors (Lipinski definition) is 1. The zero-order chi connectivity index (χ0) is 13.7. The van der Waals surface area contributed by atoms with Crippen LogP contribution in [0.4, 0.5) is 10.1 Å². The van der Waals surface area contributed by atoms with E-state index in [1.54, 1.807) is 6.07 Å². The third kappa shape index (κ3) is 3.12. The quantitative estimate of drug-likeness (QED) is 0.891. The molecule has 2 rings (SSSR count). The molecule has 2 nitrogen and oxygen atoms in total. The number of hydrogen-bond acceptors (Lipinski definition) is 2. The number of nitrogens with zero attached hydrogens (tertiary/aromatic N) is 1. The summed E-state index contributed by atoms with van der Waals surface area (Å²) in [5.41, 5.74) is 8.64. The molecule has 0 fully saturated rings. The van der Waals surface area contributed by atoms with Crippen molar-refractivity contribution < 1.29 is 4.39 Å². The fraction of sp³-hybridized carbons (Fsp3) is 0.250. The highest BCUT2D eigenvalue weighted by atomic mass is 19.1. The summed E-state index contributed by atoms with van der Waals surface area (Å²) in [6.45, 7) is 3.95. The second kappa shape index (κ2) is 6.34. The maximum absolute atomic E-state index is 13.8. The summed E-state index contributed by atoms with van der Waals surface area (Å²) in [6.07, 6.45) is 0. The lowest BCUT2D eigenvalue weighted by molar-refractivity contribution is 0.617. The number of nitrogens with two attached hydrogens (primary N) is 1. The third-order valence-electron chi connectivity index (χ3n) is 3.27. The Hall–Kier alpha value is -1.87. The van der Waals surface area contributed by atoms with Gasteiger partial charge in [0, 0.05) is 19.6 Å². The van der Waals surface area contributed by atoms with Gasteiger partial charge >= 0.3 is 0 Å². The van der Waals surface area contributed by atoms with Crippen molar-refractivity contribution >= 4 is 5.69 Å². The van der Waals surface area contributed by atoms with E-state index in [1.807, 2.05) is 48.2 Å². The first-order valence-corrected chi connectivity index (χ1v) is 6.52. The predicted octanol–water partition coefficient (Wildman–Crippen LogP) is 3.31. The van der Waals surface area contributed by atoms with E-state index in [9.17, 15) is 4.39 Å². The van der Waals surface area contributed by atoms with Crippen LogP contribution < -0.4 is 10.6 Å². The van der Waals surface area contributed by atoms with Gasteiger partial charge in [-0.25, -0.2) is 4.39 Å². The van der Waals surface area contributed by atoms with Gasteiger partial charge in [-0.3, -0.25) is 0 Å². The smallest absolute Gasteiger partial charge is 0.146 e. The molecule has 0 radical (unpaired) electrons. The lowest BCUT2D eigenvalue weighted by Gasteiger charge is -2.24. The summed E-state index contributed by atoms with van der Waals surface area (Å²) in [6, 6.07) is 14.9. The number of para-hydroxylation sites is 1. The molecular formula is C16H19FN2. The Morgan fingerprint density at radius 2 is 1.63 bits per heavy atom. The van der Waals surface area contributed by atoms with Gasteiger partial charge in [-0.15, -0.1) is 0 Å². The summed E-state index contributed by atoms with van der Waals surface area (Å²) in [4.78, 5) is 2.02. The molecule has 0 bridgehead atoms. The fourth-order valence-corrected chi connectivity index (χ4v) is 2.19. The lowest BCUT2D eigenvalue weighted by atomic mass is 10.1. The molecule has 2 aromatic carbocycles. The van der Waals surface area contributed by atoms with E-state index in [2.05, 4.69) is 0 Å². The van der Waals surface area contributed by atoms with Crippen LogP contribution in [-0.2, 0) is 13.1 Å². The van der Waals surface area contributed by atoms with Crippen LogP contribution in [0.2, 0.25) is 0 Å². The summed E-state index contributed by atoms with van der Waals surface area (Å²) in [7, 11) is 0. The van der Waals surface area contributed by atoms with E-state index in [0.717, 1.165) is 17.7 Å². The largest absolute Gasteiger partial charge is 0.365 e. The topological polar surface area (TPSA) is 29.3 Å². The monoisotopic (exact) mass is 258 g/mol. The molecular weight excluding hydrogens is 239 g/mol. The van der Waals surface area contributed by atoms with Gasteiger partial charge in [0.25, 0.3) is 0 Å². The normalized spacial score (nSPS) is 10.5. The molecule has 0 aliphatic heterocycles. The highest BCUT2D eigenvalue weighted by Crippen LogP contribution is 2.21. The molecule has 0 heterocycles. The van der Waals surface area contributed by atoms with Crippen molar-refractivity contribution in [3.63, 3.8) is 0 Å². The molecule has 0 atom stereocenters. The molecule has 2 N–H and O–H groups in total. The van der Waals surface area contributed by atoms with Gasteiger partial charge in [-0.05, 0) is 30.2 Å². The number of rotatable bonds is 5. The van der Waals surface area contributed by atoms with Crippen molar-refractivity contribution in [2.24, 2.45) is 5.73 Å². The van der Waals surface area contributed by atoms with Gasteiger partial charge in [0.05, 0.1) is 5.69 Å². The maximum atomic E-state index is 13.8. The standard InChI is InChI=1S/C16H19FN2/c1-2-19(16-10-6-5-9-15(16)17)12-14-8-4-3-7-13(14)11-18/h3-10H,2,11-12,18H2,1H3. The zero-order valence-corrected chi connectivity index (χ0v) is 11.1.